The number of carbonyl (C=O) groups is 1. The molecule has 0 aliphatic heterocycles. The fourth-order valence-electron chi connectivity index (χ4n) is 3.11. The van der Waals surface area contributed by atoms with Gasteiger partial charge < -0.3 is 14.8 Å². The maximum atomic E-state index is 12.3. The van der Waals surface area contributed by atoms with Crippen LogP contribution in [0.4, 0.5) is 0 Å². The van der Waals surface area contributed by atoms with Gasteiger partial charge in [0.05, 0.1) is 10.2 Å². The highest BCUT2D eigenvalue weighted by atomic mass is 79.9. The largest absolute Gasteiger partial charge is 0.487 e. The molecule has 1 N–H and O–H groups in total. The standard InChI is InChI=1S/C25H21BrN2O3/c26-25-22-10-2-1-7-19(22)11-12-23(25)31-17-24(29)28-15-18-6-5-9-21(14-18)30-16-20-8-3-4-13-27-20/h1-14H,15-17H2,(H,28,29). The predicted octanol–water partition coefficient (Wildman–Crippen LogP) is 5.27. The minimum absolute atomic E-state index is 0.0627. The van der Waals surface area contributed by atoms with Gasteiger partial charge in [-0.3, -0.25) is 9.78 Å². The molecule has 0 saturated carbocycles. The number of carbonyl (C=O) groups excluding carboxylic acids is 1. The third-order valence-electron chi connectivity index (χ3n) is 4.69. The summed E-state index contributed by atoms with van der Waals surface area (Å²) in [4.78, 5) is 16.5. The van der Waals surface area contributed by atoms with Crippen LogP contribution in [-0.2, 0) is 17.9 Å². The van der Waals surface area contributed by atoms with Gasteiger partial charge in [0.25, 0.3) is 5.91 Å². The Hall–Kier alpha value is -3.38. The van der Waals surface area contributed by atoms with Crippen LogP contribution in [0.5, 0.6) is 11.5 Å². The first-order valence-corrected chi connectivity index (χ1v) is 10.7. The topological polar surface area (TPSA) is 60.5 Å². The average Bonchev–Trinajstić information content (AvgIpc) is 2.82. The molecule has 6 heteroatoms. The van der Waals surface area contributed by atoms with Crippen LogP contribution in [0.1, 0.15) is 11.3 Å². The number of nitrogens with one attached hydrogen (secondary N) is 1. The van der Waals surface area contributed by atoms with E-state index in [4.69, 9.17) is 9.47 Å². The number of amides is 1. The van der Waals surface area contributed by atoms with Crippen molar-refractivity contribution in [3.8, 4) is 11.5 Å². The monoisotopic (exact) mass is 476 g/mol. The molecule has 0 atom stereocenters. The molecule has 0 radical (unpaired) electrons. The summed E-state index contributed by atoms with van der Waals surface area (Å²) in [5, 5.41) is 5.03. The van der Waals surface area contributed by atoms with E-state index in [0.29, 0.717) is 18.9 Å². The molecule has 3 aromatic carbocycles. The lowest BCUT2D eigenvalue weighted by atomic mass is 10.1. The first kappa shape index (κ1) is 20.9. The van der Waals surface area contributed by atoms with Crippen LogP contribution in [0.3, 0.4) is 0 Å². The summed E-state index contributed by atoms with van der Waals surface area (Å²) in [5.41, 5.74) is 1.80. The molecule has 4 rings (SSSR count). The molecule has 0 fully saturated rings. The quantitative estimate of drug-likeness (QED) is 0.376. The number of pyridine rings is 1. The number of fused-ring (bicyclic) bond motifs is 1. The number of ether oxygens (including phenoxy) is 2. The number of hydrogen-bond acceptors (Lipinski definition) is 4. The highest BCUT2D eigenvalue weighted by Gasteiger charge is 2.09. The van der Waals surface area contributed by atoms with Gasteiger partial charge in [0.15, 0.2) is 6.61 Å². The zero-order chi connectivity index (χ0) is 21.5. The Bertz CT molecular complexity index is 1180. The van der Waals surface area contributed by atoms with Crippen LogP contribution < -0.4 is 14.8 Å². The van der Waals surface area contributed by atoms with Crippen molar-refractivity contribution in [1.82, 2.24) is 10.3 Å². The second-order valence-electron chi connectivity index (χ2n) is 6.92. The minimum atomic E-state index is -0.195. The lowest BCUT2D eigenvalue weighted by molar-refractivity contribution is -0.123. The Balaban J connectivity index is 1.28. The summed E-state index contributed by atoms with van der Waals surface area (Å²) in [6.07, 6.45) is 1.74. The molecule has 5 nitrogen and oxygen atoms in total. The summed E-state index contributed by atoms with van der Waals surface area (Å²) in [6.45, 7) is 0.722. The highest BCUT2D eigenvalue weighted by Crippen LogP contribution is 2.32. The number of nitrogens with zero attached hydrogens (tertiary/aromatic N) is 1. The molecule has 4 aromatic rings. The smallest absolute Gasteiger partial charge is 0.258 e. The van der Waals surface area contributed by atoms with Gasteiger partial charge in [-0.15, -0.1) is 0 Å². The highest BCUT2D eigenvalue weighted by molar-refractivity contribution is 9.10. The van der Waals surface area contributed by atoms with E-state index >= 15 is 0 Å². The van der Waals surface area contributed by atoms with Crippen LogP contribution in [0, 0.1) is 0 Å². The molecule has 0 saturated heterocycles. The summed E-state index contributed by atoms with van der Waals surface area (Å²) in [6, 6.07) is 25.2. The van der Waals surface area contributed by atoms with Crippen LogP contribution in [0.15, 0.2) is 89.5 Å². The minimum Gasteiger partial charge on any atom is -0.487 e. The first-order valence-electron chi connectivity index (χ1n) is 9.87. The van der Waals surface area contributed by atoms with E-state index in [-0.39, 0.29) is 12.5 Å². The van der Waals surface area contributed by atoms with Gasteiger partial charge in [0.1, 0.15) is 18.1 Å². The van der Waals surface area contributed by atoms with Crippen LogP contribution in [0.2, 0.25) is 0 Å². The Kier molecular flexibility index (Phi) is 6.79. The van der Waals surface area contributed by atoms with Gasteiger partial charge in [-0.05, 0) is 62.6 Å². The lowest BCUT2D eigenvalue weighted by Crippen LogP contribution is -2.28. The number of halogens is 1. The third kappa shape index (κ3) is 5.61. The van der Waals surface area contributed by atoms with E-state index in [9.17, 15) is 4.79 Å². The van der Waals surface area contributed by atoms with Crippen LogP contribution in [-0.4, -0.2) is 17.5 Å². The Morgan fingerprint density at radius 3 is 2.68 bits per heavy atom. The molecule has 1 aromatic heterocycles. The van der Waals surface area contributed by atoms with Gasteiger partial charge in [0.2, 0.25) is 0 Å². The maximum Gasteiger partial charge on any atom is 0.258 e. The van der Waals surface area contributed by atoms with Crippen molar-refractivity contribution < 1.29 is 14.3 Å². The Morgan fingerprint density at radius 2 is 1.81 bits per heavy atom. The molecular weight excluding hydrogens is 456 g/mol. The van der Waals surface area contributed by atoms with E-state index in [1.54, 1.807) is 6.20 Å². The number of hydrogen-bond donors (Lipinski definition) is 1. The van der Waals surface area contributed by atoms with Crippen molar-refractivity contribution in [3.63, 3.8) is 0 Å². The zero-order valence-corrected chi connectivity index (χ0v) is 18.3. The summed E-state index contributed by atoms with van der Waals surface area (Å²) < 4.78 is 12.3. The number of aromatic nitrogens is 1. The third-order valence-corrected chi connectivity index (χ3v) is 5.51. The zero-order valence-electron chi connectivity index (χ0n) is 16.8. The summed E-state index contributed by atoms with van der Waals surface area (Å²) >= 11 is 3.57. The van der Waals surface area contributed by atoms with Crippen molar-refractivity contribution in [1.29, 1.82) is 0 Å². The summed E-state index contributed by atoms with van der Waals surface area (Å²) in [7, 11) is 0. The fourth-order valence-corrected chi connectivity index (χ4v) is 3.71. The molecule has 0 unspecified atom stereocenters. The average molecular weight is 477 g/mol. The first-order chi connectivity index (χ1) is 15.2. The fraction of sp³-hybridized carbons (Fsp3) is 0.120. The molecule has 0 aliphatic rings. The van der Waals surface area contributed by atoms with Gasteiger partial charge in [-0.25, -0.2) is 0 Å². The molecule has 1 amide bonds. The SMILES string of the molecule is O=C(COc1ccc2ccccc2c1Br)NCc1cccc(OCc2ccccn2)c1. The second kappa shape index (κ2) is 10.1. The predicted molar refractivity (Wildman–Crippen MR) is 124 cm³/mol. The normalized spacial score (nSPS) is 10.6. The number of benzene rings is 3. The molecule has 31 heavy (non-hydrogen) atoms. The Morgan fingerprint density at radius 1 is 0.935 bits per heavy atom. The van der Waals surface area contributed by atoms with Crippen molar-refractivity contribution in [2.45, 2.75) is 13.2 Å². The van der Waals surface area contributed by atoms with E-state index in [1.807, 2.05) is 78.9 Å². The second-order valence-corrected chi connectivity index (χ2v) is 7.71. The summed E-state index contributed by atoms with van der Waals surface area (Å²) in [5.74, 6) is 1.17. The molecule has 0 bridgehead atoms. The molecule has 0 spiro atoms. The van der Waals surface area contributed by atoms with Crippen molar-refractivity contribution >= 4 is 32.6 Å². The van der Waals surface area contributed by atoms with Crippen LogP contribution >= 0.6 is 15.9 Å². The van der Waals surface area contributed by atoms with Crippen LogP contribution in [0.25, 0.3) is 10.8 Å². The van der Waals surface area contributed by atoms with Gasteiger partial charge in [-0.2, -0.15) is 0 Å². The molecule has 1 heterocycles. The van der Waals surface area contributed by atoms with E-state index in [2.05, 4.69) is 26.2 Å². The van der Waals surface area contributed by atoms with Gasteiger partial charge in [0, 0.05) is 12.7 Å². The number of rotatable bonds is 8. The van der Waals surface area contributed by atoms with Crippen molar-refractivity contribution in [3.05, 3.63) is 101 Å². The maximum absolute atomic E-state index is 12.3. The van der Waals surface area contributed by atoms with Gasteiger partial charge >= 0.3 is 0 Å². The van der Waals surface area contributed by atoms with Gasteiger partial charge in [-0.1, -0.05) is 48.5 Å². The molecular formula is C25H21BrN2O3. The Labute approximate surface area is 189 Å². The van der Waals surface area contributed by atoms with E-state index in [0.717, 1.165) is 32.3 Å². The van der Waals surface area contributed by atoms with Crippen molar-refractivity contribution in [2.75, 3.05) is 6.61 Å². The lowest BCUT2D eigenvalue weighted by Gasteiger charge is -2.11. The van der Waals surface area contributed by atoms with E-state index < -0.39 is 0 Å². The molecule has 0 aliphatic carbocycles. The van der Waals surface area contributed by atoms with E-state index in [1.165, 1.54) is 0 Å². The molecule has 156 valence electrons. The van der Waals surface area contributed by atoms with Crippen molar-refractivity contribution in [2.24, 2.45) is 0 Å².